The molecular weight excluding hydrogens is 296 g/mol. The highest BCUT2D eigenvalue weighted by Gasteiger charge is 2.29. The fourth-order valence-electron chi connectivity index (χ4n) is 2.77. The number of pyridine rings is 1. The summed E-state index contributed by atoms with van der Waals surface area (Å²) in [6.07, 6.45) is 5.37. The van der Waals surface area contributed by atoms with E-state index in [4.69, 9.17) is 22.4 Å². The minimum Gasteiger partial charge on any atom is -0.330 e. The lowest BCUT2D eigenvalue weighted by Crippen LogP contribution is -2.19. The summed E-state index contributed by atoms with van der Waals surface area (Å²) in [5, 5.41) is 7.57. The van der Waals surface area contributed by atoms with Crippen molar-refractivity contribution in [2.75, 3.05) is 11.6 Å². The van der Waals surface area contributed by atoms with Crippen LogP contribution in [0.1, 0.15) is 30.0 Å². The third-order valence-corrected chi connectivity index (χ3v) is 4.13. The van der Waals surface area contributed by atoms with Gasteiger partial charge in [0.05, 0.1) is 11.7 Å². The Hall–Kier alpha value is -1.91. The van der Waals surface area contributed by atoms with E-state index in [0.717, 1.165) is 35.4 Å². The fraction of sp³-hybridized carbons (Fsp3) is 0.294. The Morgan fingerprint density at radius 3 is 2.95 bits per heavy atom. The first kappa shape index (κ1) is 15.0. The summed E-state index contributed by atoms with van der Waals surface area (Å²) in [6.45, 7) is 2.68. The van der Waals surface area contributed by atoms with E-state index in [-0.39, 0.29) is 6.04 Å². The molecule has 22 heavy (non-hydrogen) atoms. The summed E-state index contributed by atoms with van der Waals surface area (Å²) < 4.78 is 0. The predicted octanol–water partition coefficient (Wildman–Crippen LogP) is 3.70. The number of aromatic nitrogens is 1. The van der Waals surface area contributed by atoms with Crippen LogP contribution >= 0.6 is 11.6 Å². The number of nitrogens with zero attached hydrogens (tertiary/aromatic N) is 3. The molecule has 0 aliphatic carbocycles. The molecule has 1 unspecified atom stereocenters. The Bertz CT molecular complexity index is 684. The van der Waals surface area contributed by atoms with E-state index in [9.17, 15) is 0 Å². The molecule has 0 spiro atoms. The van der Waals surface area contributed by atoms with Crippen molar-refractivity contribution < 1.29 is 0 Å². The second-order valence-corrected chi connectivity index (χ2v) is 5.92. The molecular formula is C17H19ClN4. The summed E-state index contributed by atoms with van der Waals surface area (Å²) in [5.74, 6) is 0. The summed E-state index contributed by atoms with van der Waals surface area (Å²) in [4.78, 5) is 4.24. The molecule has 0 radical (unpaired) electrons. The van der Waals surface area contributed by atoms with Crippen LogP contribution < -0.4 is 10.7 Å². The van der Waals surface area contributed by atoms with Gasteiger partial charge in [-0.25, -0.2) is 0 Å². The van der Waals surface area contributed by atoms with Crippen molar-refractivity contribution in [1.29, 1.82) is 0 Å². The smallest absolute Gasteiger partial charge is 0.0843 e. The number of aryl methyl sites for hydroxylation is 1. The van der Waals surface area contributed by atoms with Gasteiger partial charge in [0, 0.05) is 29.5 Å². The van der Waals surface area contributed by atoms with Gasteiger partial charge < -0.3 is 5.73 Å². The summed E-state index contributed by atoms with van der Waals surface area (Å²) in [6, 6.07) is 10.1. The Balaban J connectivity index is 2.01. The Morgan fingerprint density at radius 2 is 2.23 bits per heavy atom. The molecule has 0 saturated carbocycles. The molecule has 1 aromatic carbocycles. The van der Waals surface area contributed by atoms with E-state index in [1.807, 2.05) is 30.5 Å². The fourth-order valence-corrected chi connectivity index (χ4v) is 2.94. The van der Waals surface area contributed by atoms with Crippen LogP contribution in [-0.4, -0.2) is 17.2 Å². The molecule has 5 heteroatoms. The largest absolute Gasteiger partial charge is 0.330 e. The van der Waals surface area contributed by atoms with Crippen LogP contribution in [-0.2, 0) is 0 Å². The van der Waals surface area contributed by atoms with Gasteiger partial charge in [0.2, 0.25) is 0 Å². The first-order valence-electron chi connectivity index (χ1n) is 7.41. The van der Waals surface area contributed by atoms with Crippen LogP contribution in [0.15, 0.2) is 47.8 Å². The van der Waals surface area contributed by atoms with Gasteiger partial charge in [-0.2, -0.15) is 5.10 Å². The van der Waals surface area contributed by atoms with Crippen LogP contribution in [0.4, 0.5) is 5.69 Å². The van der Waals surface area contributed by atoms with Gasteiger partial charge in [-0.15, -0.1) is 0 Å². The van der Waals surface area contributed by atoms with E-state index >= 15 is 0 Å². The minimum atomic E-state index is 0.146. The van der Waals surface area contributed by atoms with Crippen molar-refractivity contribution in [3.63, 3.8) is 0 Å². The van der Waals surface area contributed by atoms with Crippen LogP contribution in [0, 0.1) is 6.92 Å². The van der Waals surface area contributed by atoms with Crippen LogP contribution in [0.5, 0.6) is 0 Å². The normalized spacial score (nSPS) is 17.7. The molecule has 0 bridgehead atoms. The highest BCUT2D eigenvalue weighted by atomic mass is 35.5. The molecule has 1 aliphatic heterocycles. The van der Waals surface area contributed by atoms with Crippen molar-refractivity contribution in [3.05, 3.63) is 58.9 Å². The second kappa shape index (κ2) is 6.46. The number of rotatable bonds is 4. The van der Waals surface area contributed by atoms with Crippen LogP contribution in [0.25, 0.3) is 0 Å². The molecule has 2 N–H and O–H groups in total. The standard InChI is InChI=1S/C17H19ClN4/c1-12-4-5-14(18)9-16(12)22-17(10-15(21-22)6-7-19)13-3-2-8-20-11-13/h2-5,8-9,11,17H,6-7,10,19H2,1H3. The summed E-state index contributed by atoms with van der Waals surface area (Å²) >= 11 is 6.18. The Morgan fingerprint density at radius 1 is 1.36 bits per heavy atom. The van der Waals surface area contributed by atoms with Crippen molar-refractivity contribution >= 4 is 23.0 Å². The van der Waals surface area contributed by atoms with E-state index in [0.29, 0.717) is 11.6 Å². The quantitative estimate of drug-likeness (QED) is 0.936. The SMILES string of the molecule is Cc1ccc(Cl)cc1N1N=C(CCN)CC1c1cccnc1. The molecule has 0 saturated heterocycles. The number of hydrogen-bond acceptors (Lipinski definition) is 4. The number of anilines is 1. The lowest BCUT2D eigenvalue weighted by Gasteiger charge is -2.25. The van der Waals surface area contributed by atoms with E-state index in [1.54, 1.807) is 6.20 Å². The lowest BCUT2D eigenvalue weighted by atomic mass is 10.0. The van der Waals surface area contributed by atoms with Crippen molar-refractivity contribution in [2.45, 2.75) is 25.8 Å². The maximum atomic E-state index is 6.18. The van der Waals surface area contributed by atoms with Gasteiger partial charge in [0.1, 0.15) is 0 Å². The zero-order valence-electron chi connectivity index (χ0n) is 12.5. The molecule has 1 atom stereocenters. The number of halogens is 1. The molecule has 4 nitrogen and oxygen atoms in total. The number of benzene rings is 1. The number of hydrogen-bond donors (Lipinski definition) is 1. The van der Waals surface area contributed by atoms with Gasteiger partial charge in [-0.1, -0.05) is 23.7 Å². The first-order valence-corrected chi connectivity index (χ1v) is 7.78. The Labute approximate surface area is 135 Å². The van der Waals surface area contributed by atoms with Gasteiger partial charge in [-0.05, 0) is 49.2 Å². The third-order valence-electron chi connectivity index (χ3n) is 3.89. The molecule has 0 fully saturated rings. The summed E-state index contributed by atoms with van der Waals surface area (Å²) in [7, 11) is 0. The number of hydrazone groups is 1. The first-order chi connectivity index (χ1) is 10.7. The lowest BCUT2D eigenvalue weighted by molar-refractivity contribution is 0.702. The van der Waals surface area contributed by atoms with E-state index < -0.39 is 0 Å². The minimum absolute atomic E-state index is 0.146. The highest BCUT2D eigenvalue weighted by molar-refractivity contribution is 6.30. The van der Waals surface area contributed by atoms with Gasteiger partial charge >= 0.3 is 0 Å². The average molecular weight is 315 g/mol. The number of nitrogens with two attached hydrogens (primary N) is 1. The van der Waals surface area contributed by atoms with Crippen LogP contribution in [0.3, 0.4) is 0 Å². The van der Waals surface area contributed by atoms with E-state index in [1.165, 1.54) is 0 Å². The van der Waals surface area contributed by atoms with Crippen molar-refractivity contribution in [2.24, 2.45) is 10.8 Å². The van der Waals surface area contributed by atoms with Gasteiger partial charge in [-0.3, -0.25) is 9.99 Å². The molecule has 114 valence electrons. The topological polar surface area (TPSA) is 54.5 Å². The molecule has 2 heterocycles. The predicted molar refractivity (Wildman–Crippen MR) is 91.4 cm³/mol. The molecule has 0 amide bonds. The van der Waals surface area contributed by atoms with Crippen molar-refractivity contribution in [3.8, 4) is 0 Å². The van der Waals surface area contributed by atoms with Gasteiger partial charge in [0.15, 0.2) is 0 Å². The zero-order chi connectivity index (χ0) is 15.5. The monoisotopic (exact) mass is 314 g/mol. The zero-order valence-corrected chi connectivity index (χ0v) is 13.3. The Kier molecular flexibility index (Phi) is 4.41. The summed E-state index contributed by atoms with van der Waals surface area (Å²) in [5.41, 5.74) is 10.2. The maximum absolute atomic E-state index is 6.18. The van der Waals surface area contributed by atoms with Crippen LogP contribution in [0.2, 0.25) is 5.02 Å². The molecule has 1 aliphatic rings. The highest BCUT2D eigenvalue weighted by Crippen LogP contribution is 2.37. The third kappa shape index (κ3) is 2.98. The van der Waals surface area contributed by atoms with Gasteiger partial charge in [0.25, 0.3) is 0 Å². The van der Waals surface area contributed by atoms with Crippen molar-refractivity contribution in [1.82, 2.24) is 4.98 Å². The molecule has 1 aromatic heterocycles. The maximum Gasteiger partial charge on any atom is 0.0843 e. The van der Waals surface area contributed by atoms with E-state index in [2.05, 4.69) is 23.0 Å². The average Bonchev–Trinajstić information content (AvgIpc) is 2.95. The molecule has 2 aromatic rings. The molecule has 3 rings (SSSR count). The second-order valence-electron chi connectivity index (χ2n) is 5.49.